The third kappa shape index (κ3) is 7.50. The number of carbonyl (C=O) groups is 1. The summed E-state index contributed by atoms with van der Waals surface area (Å²) >= 11 is 0. The molecule has 0 heterocycles. The van der Waals surface area contributed by atoms with Gasteiger partial charge in [-0.15, -0.1) is 0 Å². The predicted molar refractivity (Wildman–Crippen MR) is 49.5 cm³/mol. The topological polar surface area (TPSA) is 44.4 Å². The Morgan fingerprint density at radius 2 is 2.00 bits per heavy atom. The van der Waals surface area contributed by atoms with Gasteiger partial charge in [-0.1, -0.05) is 13.8 Å². The summed E-state index contributed by atoms with van der Waals surface area (Å²) in [6.07, 6.45) is 0. The molecule has 72 valence electrons. The van der Waals surface area contributed by atoms with E-state index in [1.54, 1.807) is 5.01 Å². The van der Waals surface area contributed by atoms with Gasteiger partial charge >= 0.3 is 0 Å². The molecule has 0 aromatic rings. The van der Waals surface area contributed by atoms with E-state index >= 15 is 0 Å². The van der Waals surface area contributed by atoms with Gasteiger partial charge in [0.25, 0.3) is 0 Å². The molecule has 4 nitrogen and oxygen atoms in total. The van der Waals surface area contributed by atoms with Crippen molar-refractivity contribution in [2.45, 2.75) is 13.8 Å². The summed E-state index contributed by atoms with van der Waals surface area (Å²) in [5.41, 5.74) is 2.89. The molecule has 0 aliphatic carbocycles. The number of nitrogens with one attached hydrogen (secondary N) is 2. The number of nitrogens with zero attached hydrogens (tertiary/aromatic N) is 1. The molecule has 0 aromatic heterocycles. The maximum absolute atomic E-state index is 11.1. The molecule has 0 radical (unpaired) electrons. The maximum atomic E-state index is 11.1. The van der Waals surface area contributed by atoms with Crippen molar-refractivity contribution in [3.05, 3.63) is 0 Å². The average molecular weight is 173 g/mol. The van der Waals surface area contributed by atoms with Crippen LogP contribution in [-0.2, 0) is 4.79 Å². The lowest BCUT2D eigenvalue weighted by Crippen LogP contribution is -2.41. The highest BCUT2D eigenvalue weighted by Gasteiger charge is 2.01. The zero-order valence-corrected chi connectivity index (χ0v) is 8.35. The number of hydrogen-bond acceptors (Lipinski definition) is 3. The molecule has 4 heteroatoms. The standard InChI is InChI=1S/C8H19N3O/c1-7(2)5-9-8(12)6-10-11(3)4/h7,10H,5-6H2,1-4H3,(H,9,12). The molecule has 0 fully saturated rings. The summed E-state index contributed by atoms with van der Waals surface area (Å²) in [5, 5.41) is 4.57. The minimum absolute atomic E-state index is 0.0393. The van der Waals surface area contributed by atoms with Gasteiger partial charge in [0.15, 0.2) is 0 Å². The van der Waals surface area contributed by atoms with Crippen molar-refractivity contribution in [3.63, 3.8) is 0 Å². The highest BCUT2D eigenvalue weighted by Crippen LogP contribution is 1.85. The van der Waals surface area contributed by atoms with Gasteiger partial charge in [0.1, 0.15) is 0 Å². The fraction of sp³-hybridized carbons (Fsp3) is 0.875. The molecule has 0 rings (SSSR count). The van der Waals surface area contributed by atoms with Crippen LogP contribution in [0.1, 0.15) is 13.8 Å². The van der Waals surface area contributed by atoms with E-state index in [0.29, 0.717) is 12.5 Å². The average Bonchev–Trinajstić information content (AvgIpc) is 1.96. The molecule has 2 N–H and O–H groups in total. The van der Waals surface area contributed by atoms with Crippen LogP contribution in [0.3, 0.4) is 0 Å². The summed E-state index contributed by atoms with van der Waals surface area (Å²) in [5.74, 6) is 0.547. The van der Waals surface area contributed by atoms with Crippen molar-refractivity contribution in [2.75, 3.05) is 27.2 Å². The van der Waals surface area contributed by atoms with Gasteiger partial charge in [-0.3, -0.25) is 9.80 Å². The first-order valence-corrected chi connectivity index (χ1v) is 4.20. The normalized spacial score (nSPS) is 10.8. The van der Waals surface area contributed by atoms with Crippen molar-refractivity contribution >= 4 is 5.91 Å². The van der Waals surface area contributed by atoms with Gasteiger partial charge in [-0.05, 0) is 5.92 Å². The first-order valence-electron chi connectivity index (χ1n) is 4.20. The summed E-state index contributed by atoms with van der Waals surface area (Å²) in [4.78, 5) is 11.1. The number of hydrogen-bond donors (Lipinski definition) is 2. The quantitative estimate of drug-likeness (QED) is 0.567. The smallest absolute Gasteiger partial charge is 0.235 e. The van der Waals surface area contributed by atoms with Gasteiger partial charge in [0, 0.05) is 20.6 Å². The largest absolute Gasteiger partial charge is 0.355 e. The SMILES string of the molecule is CC(C)CNC(=O)CNN(C)C. The van der Waals surface area contributed by atoms with Gasteiger partial charge in [0.05, 0.1) is 6.54 Å². The molecule has 0 saturated carbocycles. The van der Waals surface area contributed by atoms with Crippen molar-refractivity contribution in [1.29, 1.82) is 0 Å². The van der Waals surface area contributed by atoms with Crippen LogP contribution in [-0.4, -0.2) is 38.1 Å². The first kappa shape index (κ1) is 11.4. The van der Waals surface area contributed by atoms with Crippen molar-refractivity contribution < 1.29 is 4.79 Å². The van der Waals surface area contributed by atoms with Gasteiger partial charge < -0.3 is 5.32 Å². The summed E-state index contributed by atoms with van der Waals surface area (Å²) in [7, 11) is 3.71. The minimum Gasteiger partial charge on any atom is -0.355 e. The summed E-state index contributed by atoms with van der Waals surface area (Å²) in [6, 6.07) is 0. The molecule has 1 amide bonds. The van der Waals surface area contributed by atoms with Gasteiger partial charge in [-0.25, -0.2) is 5.43 Å². The molecule has 0 aromatic carbocycles. The highest BCUT2D eigenvalue weighted by molar-refractivity contribution is 5.77. The van der Waals surface area contributed by atoms with Crippen LogP contribution in [0, 0.1) is 5.92 Å². The molecule has 0 bridgehead atoms. The van der Waals surface area contributed by atoms with Crippen LogP contribution in [0.4, 0.5) is 0 Å². The highest BCUT2D eigenvalue weighted by atomic mass is 16.2. The van der Waals surface area contributed by atoms with E-state index in [-0.39, 0.29) is 5.91 Å². The Morgan fingerprint density at radius 3 is 2.42 bits per heavy atom. The van der Waals surface area contributed by atoms with Gasteiger partial charge in [-0.2, -0.15) is 0 Å². The minimum atomic E-state index is 0.0393. The maximum Gasteiger partial charge on any atom is 0.235 e. The first-order chi connectivity index (χ1) is 5.52. The number of amides is 1. The van der Waals surface area contributed by atoms with Crippen LogP contribution in [0.2, 0.25) is 0 Å². The van der Waals surface area contributed by atoms with E-state index in [2.05, 4.69) is 24.6 Å². The molecule has 0 saturated heterocycles. The van der Waals surface area contributed by atoms with E-state index in [4.69, 9.17) is 0 Å². The molecule has 0 unspecified atom stereocenters. The lowest BCUT2D eigenvalue weighted by atomic mass is 10.2. The fourth-order valence-corrected chi connectivity index (χ4v) is 0.610. The Morgan fingerprint density at radius 1 is 1.42 bits per heavy atom. The Balaban J connectivity index is 3.34. The molecular weight excluding hydrogens is 154 g/mol. The predicted octanol–water partition coefficient (Wildman–Crippen LogP) is -0.175. The fourth-order valence-electron chi connectivity index (χ4n) is 0.610. The number of rotatable bonds is 5. The van der Waals surface area contributed by atoms with Crippen LogP contribution < -0.4 is 10.7 Å². The Labute approximate surface area is 74.3 Å². The number of hydrazine groups is 1. The second-order valence-electron chi connectivity index (χ2n) is 3.43. The number of carbonyl (C=O) groups excluding carboxylic acids is 1. The molecular formula is C8H19N3O. The molecule has 12 heavy (non-hydrogen) atoms. The Kier molecular flexibility index (Phi) is 5.66. The van der Waals surface area contributed by atoms with Crippen LogP contribution in [0.5, 0.6) is 0 Å². The van der Waals surface area contributed by atoms with Crippen LogP contribution in [0.25, 0.3) is 0 Å². The molecule has 0 aliphatic heterocycles. The lowest BCUT2D eigenvalue weighted by molar-refractivity contribution is -0.121. The summed E-state index contributed by atoms with van der Waals surface area (Å²) < 4.78 is 0. The Hall–Kier alpha value is -0.610. The zero-order chi connectivity index (χ0) is 9.56. The third-order valence-electron chi connectivity index (χ3n) is 1.26. The Bertz CT molecular complexity index is 120. The summed E-state index contributed by atoms with van der Waals surface area (Å²) in [6.45, 7) is 5.23. The van der Waals surface area contributed by atoms with Crippen LogP contribution in [0.15, 0.2) is 0 Å². The van der Waals surface area contributed by atoms with Crippen molar-refractivity contribution in [3.8, 4) is 0 Å². The lowest BCUT2D eigenvalue weighted by Gasteiger charge is -2.12. The van der Waals surface area contributed by atoms with E-state index in [0.717, 1.165) is 6.54 Å². The third-order valence-corrected chi connectivity index (χ3v) is 1.26. The molecule has 0 spiro atoms. The second-order valence-corrected chi connectivity index (χ2v) is 3.43. The van der Waals surface area contributed by atoms with Gasteiger partial charge in [0.2, 0.25) is 5.91 Å². The molecule has 0 atom stereocenters. The van der Waals surface area contributed by atoms with E-state index < -0.39 is 0 Å². The van der Waals surface area contributed by atoms with Crippen LogP contribution >= 0.6 is 0 Å². The van der Waals surface area contributed by atoms with Crippen molar-refractivity contribution in [1.82, 2.24) is 15.8 Å². The van der Waals surface area contributed by atoms with E-state index in [9.17, 15) is 4.79 Å². The van der Waals surface area contributed by atoms with E-state index in [1.807, 2.05) is 14.1 Å². The second kappa shape index (κ2) is 5.97. The van der Waals surface area contributed by atoms with Crippen molar-refractivity contribution in [2.24, 2.45) is 5.92 Å². The zero-order valence-electron chi connectivity index (χ0n) is 8.35. The molecule has 0 aliphatic rings. The monoisotopic (exact) mass is 173 g/mol. The van der Waals surface area contributed by atoms with E-state index in [1.165, 1.54) is 0 Å².